The van der Waals surface area contributed by atoms with Gasteiger partial charge in [-0.3, -0.25) is 0 Å². The lowest BCUT2D eigenvalue weighted by Crippen LogP contribution is -2.14. The van der Waals surface area contributed by atoms with Crippen LogP contribution in [-0.4, -0.2) is 76.9 Å². The maximum absolute atomic E-state index is 10.4. The summed E-state index contributed by atoms with van der Waals surface area (Å²) in [5.74, 6) is 1.90. The highest BCUT2D eigenvalue weighted by molar-refractivity contribution is 5.85. The van der Waals surface area contributed by atoms with Crippen molar-refractivity contribution in [2.45, 2.75) is 336 Å². The van der Waals surface area contributed by atoms with Crippen molar-refractivity contribution in [3.63, 3.8) is 0 Å². The van der Waals surface area contributed by atoms with Gasteiger partial charge in [0.05, 0.1) is 13.2 Å². The maximum Gasteiger partial charge on any atom is 0.157 e. The van der Waals surface area contributed by atoms with Crippen molar-refractivity contribution in [1.82, 2.24) is 9.80 Å². The Morgan fingerprint density at radius 1 is 0.364 bits per heavy atom. The van der Waals surface area contributed by atoms with Gasteiger partial charge < -0.3 is 24.1 Å². The van der Waals surface area contributed by atoms with Crippen LogP contribution in [0.5, 0.6) is 0 Å². The number of carbonyl (C=O) groups is 1. The van der Waals surface area contributed by atoms with Crippen LogP contribution in [0.4, 0.5) is 0 Å². The van der Waals surface area contributed by atoms with Crippen LogP contribution in [0.15, 0.2) is 48.6 Å². The van der Waals surface area contributed by atoms with Crippen LogP contribution in [0.25, 0.3) is 0 Å². The molecule has 5 nitrogen and oxygen atoms in total. The Morgan fingerprint density at radius 3 is 0.948 bits per heavy atom. The second-order valence-corrected chi connectivity index (χ2v) is 23.8. The quantitative estimate of drug-likeness (QED) is 0.0345. The number of carbonyl (C=O) groups excluding carboxylic acids is 1. The average molecular weight is 1100 g/mol. The first-order chi connectivity index (χ1) is 36.9. The molecule has 0 N–H and O–H groups in total. The van der Waals surface area contributed by atoms with Gasteiger partial charge in [-0.25, -0.2) is 0 Å². The van der Waals surface area contributed by atoms with Crippen LogP contribution >= 0.6 is 12.4 Å². The first-order valence-electron chi connectivity index (χ1n) is 33.5. The summed E-state index contributed by atoms with van der Waals surface area (Å²) in [7, 11) is 8.82. The predicted octanol–water partition coefficient (Wildman–Crippen LogP) is 22.9. The fraction of sp³-hybridized carbons (Fsp3) is 0.873. The summed E-state index contributed by atoms with van der Waals surface area (Å²) >= 11 is 0. The Labute approximate surface area is 491 Å². The number of rotatable bonds is 58. The Morgan fingerprint density at radius 2 is 0.636 bits per heavy atom. The van der Waals surface area contributed by atoms with Crippen LogP contribution in [0, 0.1) is 11.8 Å². The lowest BCUT2D eigenvalue weighted by Gasteiger charge is -2.18. The van der Waals surface area contributed by atoms with Crippen molar-refractivity contribution >= 4 is 18.7 Å². The SMILES string of the molecule is C.CCCCC/C=C\C/C=C\CCCCCCCCCC(CCCCCCCCC1OCCO1)CCCN(C)C.CCCCC/C=C\C/C=C\CCCCCCCCCC(CCCCCCCCC=O)CCCN(C)C.Cl. The maximum atomic E-state index is 10.4. The molecule has 1 heterocycles. The highest BCUT2D eigenvalue weighted by atomic mass is 35.5. The topological polar surface area (TPSA) is 42.0 Å². The monoisotopic (exact) mass is 1100 g/mol. The van der Waals surface area contributed by atoms with Crippen molar-refractivity contribution < 1.29 is 14.3 Å². The minimum atomic E-state index is 0. The second-order valence-electron chi connectivity index (χ2n) is 23.8. The molecule has 0 aliphatic carbocycles. The number of nitrogens with zero attached hydrogens (tertiary/aromatic N) is 2. The summed E-state index contributed by atoms with van der Waals surface area (Å²) in [6.07, 6.45) is 84.5. The average Bonchev–Trinajstić information content (AvgIpc) is 3.93. The molecule has 0 saturated carbocycles. The standard InChI is InChI=1S/C36H69NO2.C34H65NO.CH4.ClH/c1-4-5-6-7-8-9-10-11-12-13-14-15-16-17-18-21-24-28-35(30-27-32-37(2)3)29-25-22-19-20-23-26-31-36-38-33-34-39-36;1-4-5-6-7-8-9-10-11-12-13-14-15-16-17-19-22-25-29-34(31-28-32-35(2)3)30-26-23-20-18-21-24-27-33-36;;/h8-9,11-12,35-36H,4-7,10,13-34H2,1-3H3;8-9,11-12,33-34H,4-7,10,13-32H2,1-3H3;1H4;1H/b2*9-8-,12-11-;;. The summed E-state index contributed by atoms with van der Waals surface area (Å²) in [6.45, 7) is 8.60. The van der Waals surface area contributed by atoms with Crippen LogP contribution in [-0.2, 0) is 14.3 Å². The van der Waals surface area contributed by atoms with E-state index in [0.717, 1.165) is 63.4 Å². The lowest BCUT2D eigenvalue weighted by molar-refractivity contribution is -0.107. The van der Waals surface area contributed by atoms with Gasteiger partial charge in [-0.1, -0.05) is 263 Å². The molecule has 1 fully saturated rings. The molecule has 0 aromatic heterocycles. The molecular formula is C71H139ClN2O3. The molecule has 2 unspecified atom stereocenters. The van der Waals surface area contributed by atoms with Gasteiger partial charge in [-0.05, 0) is 162 Å². The Kier molecular flexibility index (Phi) is 71.7. The molecule has 0 amide bonds. The first kappa shape index (κ1) is 80.0. The first-order valence-corrected chi connectivity index (χ1v) is 33.5. The number of halogens is 1. The number of hydrogen-bond donors (Lipinski definition) is 0. The summed E-state index contributed by atoms with van der Waals surface area (Å²) in [6, 6.07) is 0. The fourth-order valence-corrected chi connectivity index (χ4v) is 10.8. The van der Waals surface area contributed by atoms with Gasteiger partial charge in [0.15, 0.2) is 6.29 Å². The molecule has 0 aromatic rings. The molecule has 6 heteroatoms. The van der Waals surface area contributed by atoms with E-state index in [9.17, 15) is 4.79 Å². The summed E-state index contributed by atoms with van der Waals surface area (Å²) in [5, 5.41) is 0. The van der Waals surface area contributed by atoms with E-state index < -0.39 is 0 Å². The third-order valence-corrected chi connectivity index (χ3v) is 15.7. The number of aldehydes is 1. The Bertz CT molecular complexity index is 1210. The van der Waals surface area contributed by atoms with Crippen molar-refractivity contribution in [3.8, 4) is 0 Å². The van der Waals surface area contributed by atoms with E-state index in [-0.39, 0.29) is 26.1 Å². The summed E-state index contributed by atoms with van der Waals surface area (Å²) in [5.41, 5.74) is 0. The third-order valence-electron chi connectivity index (χ3n) is 15.7. The molecule has 2 atom stereocenters. The van der Waals surface area contributed by atoms with Crippen molar-refractivity contribution in [3.05, 3.63) is 48.6 Å². The highest BCUT2D eigenvalue weighted by Crippen LogP contribution is 2.26. The lowest BCUT2D eigenvalue weighted by atomic mass is 9.90. The van der Waals surface area contributed by atoms with Gasteiger partial charge in [0.1, 0.15) is 6.29 Å². The van der Waals surface area contributed by atoms with Gasteiger partial charge in [-0.2, -0.15) is 0 Å². The van der Waals surface area contributed by atoms with E-state index in [1.165, 1.54) is 289 Å². The number of hydrogen-bond acceptors (Lipinski definition) is 5. The largest absolute Gasteiger partial charge is 0.350 e. The second kappa shape index (κ2) is 69.0. The summed E-state index contributed by atoms with van der Waals surface area (Å²) in [4.78, 5) is 15.1. The molecule has 1 aliphatic rings. The zero-order valence-electron chi connectivity index (χ0n) is 52.2. The molecule has 1 rings (SSSR count). The molecule has 77 heavy (non-hydrogen) atoms. The molecule has 0 radical (unpaired) electrons. The van der Waals surface area contributed by atoms with E-state index in [1.807, 2.05) is 0 Å². The fourth-order valence-electron chi connectivity index (χ4n) is 10.8. The van der Waals surface area contributed by atoms with Crippen LogP contribution in [0.1, 0.15) is 329 Å². The van der Waals surface area contributed by atoms with Crippen molar-refractivity contribution in [2.75, 3.05) is 54.5 Å². The molecule has 458 valence electrons. The Balaban J connectivity index is -0.00000139. The number of allylic oxidation sites excluding steroid dienone is 8. The normalized spacial score (nSPS) is 13.9. The van der Waals surface area contributed by atoms with E-state index in [1.54, 1.807) is 0 Å². The molecule has 0 spiro atoms. The smallest absolute Gasteiger partial charge is 0.157 e. The zero-order chi connectivity index (χ0) is 54.4. The third kappa shape index (κ3) is 67.2. The minimum absolute atomic E-state index is 0. The Hall–Kier alpha value is -1.24. The molecule has 0 aromatic carbocycles. The highest BCUT2D eigenvalue weighted by Gasteiger charge is 2.15. The van der Waals surface area contributed by atoms with Gasteiger partial charge in [0.2, 0.25) is 0 Å². The molecular weight excluding hydrogens is 964 g/mol. The van der Waals surface area contributed by atoms with Crippen LogP contribution in [0.3, 0.4) is 0 Å². The van der Waals surface area contributed by atoms with E-state index in [0.29, 0.717) is 0 Å². The van der Waals surface area contributed by atoms with Gasteiger partial charge in [0, 0.05) is 6.42 Å². The molecule has 1 saturated heterocycles. The van der Waals surface area contributed by atoms with Crippen molar-refractivity contribution in [2.24, 2.45) is 11.8 Å². The van der Waals surface area contributed by atoms with Gasteiger partial charge in [-0.15, -0.1) is 12.4 Å². The van der Waals surface area contributed by atoms with Crippen molar-refractivity contribution in [1.29, 1.82) is 0 Å². The minimum Gasteiger partial charge on any atom is -0.350 e. The molecule has 0 bridgehead atoms. The van der Waals surface area contributed by atoms with E-state index >= 15 is 0 Å². The van der Waals surface area contributed by atoms with Gasteiger partial charge in [0.25, 0.3) is 0 Å². The van der Waals surface area contributed by atoms with E-state index in [2.05, 4.69) is 100 Å². The zero-order valence-corrected chi connectivity index (χ0v) is 53.0. The number of ether oxygens (including phenoxy) is 2. The number of unbranched alkanes of at least 4 members (excludes halogenated alkanes) is 31. The van der Waals surface area contributed by atoms with Gasteiger partial charge >= 0.3 is 0 Å². The van der Waals surface area contributed by atoms with E-state index in [4.69, 9.17) is 9.47 Å². The predicted molar refractivity (Wildman–Crippen MR) is 349 cm³/mol. The summed E-state index contributed by atoms with van der Waals surface area (Å²) < 4.78 is 11.1. The van der Waals surface area contributed by atoms with Crippen LogP contribution < -0.4 is 0 Å². The van der Waals surface area contributed by atoms with Crippen LogP contribution in [0.2, 0.25) is 0 Å². The molecule has 1 aliphatic heterocycles.